The summed E-state index contributed by atoms with van der Waals surface area (Å²) in [5.74, 6) is 0. The first-order valence-corrected chi connectivity index (χ1v) is 6.70. The second-order valence-corrected chi connectivity index (χ2v) is 4.87. The van der Waals surface area contributed by atoms with Gasteiger partial charge in [0.05, 0.1) is 0 Å². The number of hydrogen-bond acceptors (Lipinski definition) is 3. The van der Waals surface area contributed by atoms with E-state index in [1.165, 1.54) is 24.9 Å². The smallest absolute Gasteiger partial charge is 0.0399 e. The molecule has 2 rings (SSSR count). The predicted octanol–water partition coefficient (Wildman–Crippen LogP) is 2.36. The average molecular weight is 233 g/mol. The number of hydrogen-bond donors (Lipinski definition) is 1. The van der Waals surface area contributed by atoms with Crippen molar-refractivity contribution in [3.63, 3.8) is 0 Å². The molecule has 0 bridgehead atoms. The van der Waals surface area contributed by atoms with Gasteiger partial charge in [-0.3, -0.25) is 4.98 Å². The Kier molecular flexibility index (Phi) is 4.37. The van der Waals surface area contributed by atoms with Crippen molar-refractivity contribution in [2.24, 2.45) is 0 Å². The van der Waals surface area contributed by atoms with Crippen molar-refractivity contribution in [2.75, 3.05) is 24.5 Å². The summed E-state index contributed by atoms with van der Waals surface area (Å²) in [5.41, 5.74) is 2.43. The number of nitrogens with zero attached hydrogens (tertiary/aromatic N) is 2. The summed E-state index contributed by atoms with van der Waals surface area (Å²) >= 11 is 0. The Hall–Kier alpha value is -1.09. The fraction of sp³-hybridized carbons (Fsp3) is 0.643. The van der Waals surface area contributed by atoms with Gasteiger partial charge in [0.25, 0.3) is 0 Å². The topological polar surface area (TPSA) is 28.2 Å². The SMILES string of the molecule is CCCNC1CCN(c2ccnc(C)c2)CC1. The number of aryl methyl sites for hydroxylation is 1. The van der Waals surface area contributed by atoms with Crippen LogP contribution in [0.25, 0.3) is 0 Å². The van der Waals surface area contributed by atoms with Gasteiger partial charge in [-0.15, -0.1) is 0 Å². The summed E-state index contributed by atoms with van der Waals surface area (Å²) in [7, 11) is 0. The lowest BCUT2D eigenvalue weighted by atomic mass is 10.0. The van der Waals surface area contributed by atoms with Gasteiger partial charge in [-0.25, -0.2) is 0 Å². The van der Waals surface area contributed by atoms with Crippen LogP contribution >= 0.6 is 0 Å². The zero-order valence-corrected chi connectivity index (χ0v) is 10.9. The molecule has 0 aromatic carbocycles. The van der Waals surface area contributed by atoms with Crippen molar-refractivity contribution in [1.82, 2.24) is 10.3 Å². The molecule has 0 saturated carbocycles. The highest BCUT2D eigenvalue weighted by molar-refractivity contribution is 5.46. The second-order valence-electron chi connectivity index (χ2n) is 4.87. The van der Waals surface area contributed by atoms with Crippen molar-refractivity contribution >= 4 is 5.69 Å². The Morgan fingerprint density at radius 2 is 2.18 bits per heavy atom. The molecule has 0 spiro atoms. The van der Waals surface area contributed by atoms with E-state index in [0.717, 1.165) is 25.3 Å². The first-order chi connectivity index (χ1) is 8.29. The normalized spacial score (nSPS) is 17.4. The highest BCUT2D eigenvalue weighted by atomic mass is 15.1. The fourth-order valence-corrected chi connectivity index (χ4v) is 2.42. The van der Waals surface area contributed by atoms with E-state index in [9.17, 15) is 0 Å². The number of anilines is 1. The third-order valence-corrected chi connectivity index (χ3v) is 3.42. The van der Waals surface area contributed by atoms with E-state index in [4.69, 9.17) is 0 Å². The molecule has 0 aliphatic carbocycles. The molecule has 1 aliphatic rings. The van der Waals surface area contributed by atoms with Crippen LogP contribution in [0.1, 0.15) is 31.9 Å². The molecule has 1 N–H and O–H groups in total. The Morgan fingerprint density at radius 3 is 2.82 bits per heavy atom. The van der Waals surface area contributed by atoms with Crippen LogP contribution in [0.3, 0.4) is 0 Å². The Morgan fingerprint density at radius 1 is 1.41 bits per heavy atom. The zero-order valence-electron chi connectivity index (χ0n) is 10.9. The molecule has 0 amide bonds. The largest absolute Gasteiger partial charge is 0.371 e. The monoisotopic (exact) mass is 233 g/mol. The molecule has 17 heavy (non-hydrogen) atoms. The van der Waals surface area contributed by atoms with E-state index in [1.54, 1.807) is 0 Å². The minimum atomic E-state index is 0.717. The maximum absolute atomic E-state index is 4.25. The fourth-order valence-electron chi connectivity index (χ4n) is 2.42. The van der Waals surface area contributed by atoms with E-state index in [2.05, 4.69) is 41.2 Å². The maximum atomic E-state index is 4.25. The van der Waals surface area contributed by atoms with Crippen molar-refractivity contribution in [3.05, 3.63) is 24.0 Å². The molecule has 0 atom stereocenters. The minimum Gasteiger partial charge on any atom is -0.371 e. The highest BCUT2D eigenvalue weighted by Gasteiger charge is 2.18. The van der Waals surface area contributed by atoms with Gasteiger partial charge in [0, 0.05) is 36.7 Å². The van der Waals surface area contributed by atoms with Crippen molar-refractivity contribution in [3.8, 4) is 0 Å². The van der Waals surface area contributed by atoms with Gasteiger partial charge in [-0.1, -0.05) is 6.92 Å². The summed E-state index contributed by atoms with van der Waals surface area (Å²) in [5, 5.41) is 3.62. The number of aromatic nitrogens is 1. The summed E-state index contributed by atoms with van der Waals surface area (Å²) in [6.07, 6.45) is 5.64. The lowest BCUT2D eigenvalue weighted by Gasteiger charge is -2.34. The standard InChI is InChI=1S/C14H23N3/c1-3-7-16-13-5-9-17(10-6-13)14-4-8-15-12(2)11-14/h4,8,11,13,16H,3,5-7,9-10H2,1-2H3. The number of piperidine rings is 1. The minimum absolute atomic E-state index is 0.717. The first kappa shape index (κ1) is 12.4. The summed E-state index contributed by atoms with van der Waals surface area (Å²) in [6, 6.07) is 5.02. The maximum Gasteiger partial charge on any atom is 0.0399 e. The van der Waals surface area contributed by atoms with Crippen molar-refractivity contribution in [2.45, 2.75) is 39.2 Å². The molecule has 0 unspecified atom stereocenters. The highest BCUT2D eigenvalue weighted by Crippen LogP contribution is 2.19. The molecule has 1 aliphatic heterocycles. The second kappa shape index (κ2) is 6.01. The third kappa shape index (κ3) is 3.43. The lowest BCUT2D eigenvalue weighted by Crippen LogP contribution is -2.42. The molecule has 1 saturated heterocycles. The van der Waals surface area contributed by atoms with Gasteiger partial charge >= 0.3 is 0 Å². The molecule has 2 heterocycles. The number of nitrogens with one attached hydrogen (secondary N) is 1. The van der Waals surface area contributed by atoms with Gasteiger partial charge in [-0.05, 0) is 44.9 Å². The van der Waals surface area contributed by atoms with Gasteiger partial charge in [0.1, 0.15) is 0 Å². The summed E-state index contributed by atoms with van der Waals surface area (Å²) in [6.45, 7) is 7.75. The van der Waals surface area contributed by atoms with Crippen LogP contribution in [-0.4, -0.2) is 30.7 Å². The summed E-state index contributed by atoms with van der Waals surface area (Å²) < 4.78 is 0. The Labute approximate surface area is 104 Å². The predicted molar refractivity (Wildman–Crippen MR) is 72.5 cm³/mol. The van der Waals surface area contributed by atoms with Gasteiger partial charge < -0.3 is 10.2 Å². The van der Waals surface area contributed by atoms with E-state index in [0.29, 0.717) is 6.04 Å². The van der Waals surface area contributed by atoms with Crippen LogP contribution in [0.15, 0.2) is 18.3 Å². The van der Waals surface area contributed by atoms with Crippen LogP contribution in [0.5, 0.6) is 0 Å². The number of rotatable bonds is 4. The summed E-state index contributed by atoms with van der Waals surface area (Å²) in [4.78, 5) is 6.72. The Balaban J connectivity index is 1.86. The van der Waals surface area contributed by atoms with E-state index < -0.39 is 0 Å². The van der Waals surface area contributed by atoms with E-state index in [-0.39, 0.29) is 0 Å². The van der Waals surface area contributed by atoms with Crippen LogP contribution in [0.4, 0.5) is 5.69 Å². The van der Waals surface area contributed by atoms with E-state index in [1.807, 2.05) is 6.20 Å². The molecular formula is C14H23N3. The van der Waals surface area contributed by atoms with Gasteiger partial charge in [0.15, 0.2) is 0 Å². The van der Waals surface area contributed by atoms with Crippen LogP contribution in [0, 0.1) is 6.92 Å². The lowest BCUT2D eigenvalue weighted by molar-refractivity contribution is 0.416. The van der Waals surface area contributed by atoms with Gasteiger partial charge in [-0.2, -0.15) is 0 Å². The van der Waals surface area contributed by atoms with E-state index >= 15 is 0 Å². The van der Waals surface area contributed by atoms with Crippen molar-refractivity contribution in [1.29, 1.82) is 0 Å². The molecule has 94 valence electrons. The molecule has 1 aromatic rings. The quantitative estimate of drug-likeness (QED) is 0.865. The van der Waals surface area contributed by atoms with Gasteiger partial charge in [0.2, 0.25) is 0 Å². The molecule has 1 aromatic heterocycles. The number of pyridine rings is 1. The zero-order chi connectivity index (χ0) is 12.1. The average Bonchev–Trinajstić information content (AvgIpc) is 2.37. The third-order valence-electron chi connectivity index (χ3n) is 3.42. The van der Waals surface area contributed by atoms with Crippen LogP contribution < -0.4 is 10.2 Å². The first-order valence-electron chi connectivity index (χ1n) is 6.70. The molecule has 0 radical (unpaired) electrons. The molecular weight excluding hydrogens is 210 g/mol. The molecule has 1 fully saturated rings. The van der Waals surface area contributed by atoms with Crippen LogP contribution in [0.2, 0.25) is 0 Å². The van der Waals surface area contributed by atoms with Crippen LogP contribution in [-0.2, 0) is 0 Å². The molecule has 3 heteroatoms. The Bertz CT molecular complexity index is 343. The van der Waals surface area contributed by atoms with Crippen molar-refractivity contribution < 1.29 is 0 Å². The molecule has 3 nitrogen and oxygen atoms in total.